The van der Waals surface area contributed by atoms with E-state index in [0.29, 0.717) is 51.8 Å². The molecule has 4 fully saturated rings. The fraction of sp³-hybridized carbons (Fsp3) is 0.938. The molecule has 56 heavy (non-hydrogen) atoms. The van der Waals surface area contributed by atoms with E-state index in [1.165, 1.54) is 51.4 Å². The van der Waals surface area contributed by atoms with Crippen molar-refractivity contribution in [2.24, 2.45) is 43.3 Å². The van der Waals surface area contributed by atoms with Crippen LogP contribution in [-0.4, -0.2) is 59.5 Å². The third-order valence-electron chi connectivity index (χ3n) is 13.5. The van der Waals surface area contributed by atoms with E-state index in [9.17, 15) is 0 Å². The lowest BCUT2D eigenvalue weighted by Gasteiger charge is -2.50. The molecule has 4 aliphatic carbocycles. The molecule has 0 aliphatic heterocycles. The van der Waals surface area contributed by atoms with Crippen LogP contribution in [0.5, 0.6) is 0 Å². The molecule has 1 aromatic heterocycles. The Bertz CT molecular complexity index is 1270. The van der Waals surface area contributed by atoms with Crippen molar-refractivity contribution in [3.05, 3.63) is 0 Å². The molecule has 0 atom stereocenters. The minimum Gasteiger partial charge on any atom is -0.357 e. The van der Waals surface area contributed by atoms with Gasteiger partial charge in [-0.25, -0.2) is 0 Å². The van der Waals surface area contributed by atoms with Crippen LogP contribution in [0.1, 0.15) is 203 Å². The molecule has 0 bridgehead atoms. The number of nitrogens with one attached hydrogen (secondary N) is 3. The first-order valence-corrected chi connectivity index (χ1v) is 21.9. The number of hydrogen-bond acceptors (Lipinski definition) is 8. The first-order chi connectivity index (χ1) is 24.5. The van der Waals surface area contributed by atoms with Crippen molar-refractivity contribution in [3.8, 4) is 0 Å². The van der Waals surface area contributed by atoms with Crippen molar-refractivity contribution >= 4 is 17.8 Å². The van der Waals surface area contributed by atoms with Crippen molar-refractivity contribution in [1.82, 2.24) is 25.6 Å². The van der Waals surface area contributed by atoms with Crippen molar-refractivity contribution < 1.29 is 0 Å². The Kier molecular flexibility index (Phi) is 14.6. The molecule has 0 spiro atoms. The second-order valence-electron chi connectivity index (χ2n) is 25.5. The lowest BCUT2D eigenvalue weighted by atomic mass is 9.63. The summed E-state index contributed by atoms with van der Waals surface area (Å²) in [5.41, 5.74) is 2.20. The molecule has 1 aromatic rings. The van der Waals surface area contributed by atoms with Gasteiger partial charge in [-0.2, -0.15) is 15.0 Å². The second-order valence-corrected chi connectivity index (χ2v) is 25.5. The average molecular weight is 783 g/mol. The van der Waals surface area contributed by atoms with Crippen LogP contribution in [0, 0.1) is 43.3 Å². The third-order valence-corrected chi connectivity index (χ3v) is 13.5. The van der Waals surface area contributed by atoms with Gasteiger partial charge in [-0.05, 0) is 120 Å². The Balaban J connectivity index is 0.00000420. The number of aromatic nitrogens is 3. The van der Waals surface area contributed by atoms with Gasteiger partial charge in [-0.3, -0.25) is 10.6 Å². The molecular weight excluding hydrogens is 689 g/mol. The maximum Gasteiger partial charge on any atom is 0.233 e. The highest BCUT2D eigenvalue weighted by Crippen LogP contribution is 2.51. The normalized spacial score (nSPS) is 26.7. The zero-order valence-corrected chi connectivity index (χ0v) is 38.4. The van der Waals surface area contributed by atoms with Gasteiger partial charge in [0.2, 0.25) is 17.8 Å². The molecule has 326 valence electrons. The van der Waals surface area contributed by atoms with Crippen LogP contribution in [-0.2, 0) is 0 Å². The molecule has 0 amide bonds. The standard InChI is InChI=1S/C46H86N8.2CH4/c1-39(2)18-32(19-40(3,4)26-39)48-30-53(34-22-43(9,10)28-44(11,12)23-34)37-50-36(47-17)51-38(52-37)54(35-24-45(13,14)29-46(15,16)25-35)31-49-33-20-41(5,6)27-42(7,8)21-33;;/h32-35,48-49H,18-31H2,1-17H3,(H,47,50,51,52);2*1H4. The summed E-state index contributed by atoms with van der Waals surface area (Å²) in [7, 11) is 1.96. The minimum atomic E-state index is 0. The number of rotatable bonds is 11. The Morgan fingerprint density at radius 1 is 0.429 bits per heavy atom. The monoisotopic (exact) mass is 783 g/mol. The van der Waals surface area contributed by atoms with Crippen molar-refractivity contribution in [3.63, 3.8) is 0 Å². The summed E-state index contributed by atoms with van der Waals surface area (Å²) >= 11 is 0. The molecule has 0 radical (unpaired) electrons. The Morgan fingerprint density at radius 3 is 0.929 bits per heavy atom. The molecule has 0 aromatic carbocycles. The maximum absolute atomic E-state index is 5.57. The van der Waals surface area contributed by atoms with Gasteiger partial charge in [0.1, 0.15) is 0 Å². The zero-order valence-electron chi connectivity index (χ0n) is 38.4. The Morgan fingerprint density at radius 2 is 0.679 bits per heavy atom. The topological polar surface area (TPSA) is 81.2 Å². The zero-order chi connectivity index (χ0) is 40.3. The van der Waals surface area contributed by atoms with E-state index in [1.54, 1.807) is 0 Å². The van der Waals surface area contributed by atoms with Gasteiger partial charge >= 0.3 is 0 Å². The lowest BCUT2D eigenvalue weighted by Crippen LogP contribution is -2.54. The van der Waals surface area contributed by atoms with Crippen LogP contribution < -0.4 is 25.8 Å². The van der Waals surface area contributed by atoms with Crippen LogP contribution in [0.4, 0.5) is 17.8 Å². The molecule has 3 N–H and O–H groups in total. The largest absolute Gasteiger partial charge is 0.357 e. The molecule has 4 aliphatic rings. The summed E-state index contributed by atoms with van der Waals surface area (Å²) in [5.74, 6) is 2.28. The van der Waals surface area contributed by atoms with Gasteiger partial charge in [0.25, 0.3) is 0 Å². The molecule has 8 heteroatoms. The van der Waals surface area contributed by atoms with Gasteiger partial charge in [0.05, 0.1) is 13.3 Å². The van der Waals surface area contributed by atoms with E-state index in [0.717, 1.165) is 50.9 Å². The van der Waals surface area contributed by atoms with Gasteiger partial charge in [0, 0.05) is 31.2 Å². The van der Waals surface area contributed by atoms with Crippen LogP contribution in [0.25, 0.3) is 0 Å². The van der Waals surface area contributed by atoms with E-state index in [2.05, 4.69) is 137 Å². The highest BCUT2D eigenvalue weighted by Gasteiger charge is 2.45. The van der Waals surface area contributed by atoms with E-state index < -0.39 is 0 Å². The maximum atomic E-state index is 5.57. The third kappa shape index (κ3) is 13.2. The molecule has 0 unspecified atom stereocenters. The SMILES string of the molecule is C.C.CNc1nc(N(CNC2CC(C)(C)CC(C)(C)C2)C2CC(C)(C)CC(C)(C)C2)nc(N(CNC2CC(C)(C)CC(C)(C)C2)C2CC(C)(C)CC(C)(C)C2)n1. The predicted molar refractivity (Wildman–Crippen MR) is 245 cm³/mol. The summed E-state index contributed by atoms with van der Waals surface area (Å²) in [6.07, 6.45) is 14.3. The van der Waals surface area contributed by atoms with Crippen LogP contribution in [0.15, 0.2) is 0 Å². The van der Waals surface area contributed by atoms with Crippen molar-refractivity contribution in [1.29, 1.82) is 0 Å². The minimum absolute atomic E-state index is 0. The first-order valence-electron chi connectivity index (χ1n) is 21.9. The van der Waals surface area contributed by atoms with Crippen LogP contribution in [0.2, 0.25) is 0 Å². The van der Waals surface area contributed by atoms with Gasteiger partial charge in [-0.1, -0.05) is 126 Å². The summed E-state index contributed by atoms with van der Waals surface area (Å²) in [5, 5.41) is 11.6. The van der Waals surface area contributed by atoms with Crippen molar-refractivity contribution in [2.75, 3.05) is 35.5 Å². The fourth-order valence-corrected chi connectivity index (χ4v) is 13.9. The number of nitrogens with zero attached hydrogens (tertiary/aromatic N) is 5. The molecule has 4 saturated carbocycles. The van der Waals surface area contributed by atoms with Crippen molar-refractivity contribution in [2.45, 2.75) is 227 Å². The summed E-state index contributed by atoms with van der Waals surface area (Å²) < 4.78 is 0. The average Bonchev–Trinajstić information content (AvgIpc) is 2.90. The van der Waals surface area contributed by atoms with E-state index >= 15 is 0 Å². The molecular formula is C48H94N8. The fourth-order valence-electron chi connectivity index (χ4n) is 13.9. The Labute approximate surface area is 348 Å². The lowest BCUT2D eigenvalue weighted by molar-refractivity contribution is 0.0791. The number of hydrogen-bond donors (Lipinski definition) is 3. The summed E-state index contributed by atoms with van der Waals surface area (Å²) in [4.78, 5) is 21.1. The van der Waals surface area contributed by atoms with Gasteiger partial charge in [0.15, 0.2) is 0 Å². The van der Waals surface area contributed by atoms with Gasteiger partial charge in [-0.15, -0.1) is 0 Å². The summed E-state index contributed by atoms with van der Waals surface area (Å²) in [6.45, 7) is 40.8. The van der Waals surface area contributed by atoms with E-state index in [4.69, 9.17) is 15.0 Å². The molecule has 5 rings (SSSR count). The van der Waals surface area contributed by atoms with Crippen LogP contribution in [0.3, 0.4) is 0 Å². The molecule has 8 nitrogen and oxygen atoms in total. The van der Waals surface area contributed by atoms with Gasteiger partial charge < -0.3 is 15.1 Å². The van der Waals surface area contributed by atoms with E-state index in [-0.39, 0.29) is 36.5 Å². The second kappa shape index (κ2) is 16.8. The predicted octanol–water partition coefficient (Wildman–Crippen LogP) is 12.3. The smallest absolute Gasteiger partial charge is 0.233 e. The number of anilines is 3. The molecule has 1 heterocycles. The Hall–Kier alpha value is -1.67. The van der Waals surface area contributed by atoms with Crippen LogP contribution >= 0.6 is 0 Å². The quantitative estimate of drug-likeness (QED) is 0.192. The highest BCUT2D eigenvalue weighted by molar-refractivity contribution is 5.47. The first kappa shape index (κ1) is 48.7. The highest BCUT2D eigenvalue weighted by atomic mass is 15.4. The van der Waals surface area contributed by atoms with E-state index in [1.807, 2.05) is 7.05 Å². The summed E-state index contributed by atoms with van der Waals surface area (Å²) in [6, 6.07) is 1.56. The molecule has 0 saturated heterocycles.